The van der Waals surface area contributed by atoms with Crippen molar-refractivity contribution in [3.63, 3.8) is 0 Å². The molecule has 39 heavy (non-hydrogen) atoms. The zero-order valence-corrected chi connectivity index (χ0v) is 22.1. The van der Waals surface area contributed by atoms with Crippen LogP contribution in [0.1, 0.15) is 42.9 Å². The van der Waals surface area contributed by atoms with Crippen LogP contribution in [0.3, 0.4) is 0 Å². The fraction of sp³-hybridized carbons (Fsp3) is 0.323. The summed E-state index contributed by atoms with van der Waals surface area (Å²) < 4.78 is 11.3. The molecule has 0 saturated carbocycles. The van der Waals surface area contributed by atoms with Crippen molar-refractivity contribution in [3.8, 4) is 11.1 Å². The van der Waals surface area contributed by atoms with Gasteiger partial charge in [-0.25, -0.2) is 9.59 Å². The Balaban J connectivity index is 1.43. The molecule has 3 N–H and O–H groups in total. The lowest BCUT2D eigenvalue weighted by molar-refractivity contribution is -0.143. The van der Waals surface area contributed by atoms with Crippen LogP contribution < -0.4 is 10.6 Å². The van der Waals surface area contributed by atoms with E-state index in [9.17, 15) is 19.5 Å². The minimum Gasteiger partial charge on any atom is -0.480 e. The first-order valence-corrected chi connectivity index (χ1v) is 13.1. The van der Waals surface area contributed by atoms with E-state index in [1.165, 1.54) is 0 Å². The summed E-state index contributed by atoms with van der Waals surface area (Å²) in [6.07, 6.45) is -0.220. The third-order valence-electron chi connectivity index (χ3n) is 7.13. The molecule has 3 aromatic carbocycles. The zero-order valence-electron chi connectivity index (χ0n) is 22.1. The van der Waals surface area contributed by atoms with Crippen LogP contribution in [0.25, 0.3) is 11.1 Å². The highest BCUT2D eigenvalue weighted by atomic mass is 16.5. The van der Waals surface area contributed by atoms with Crippen molar-refractivity contribution in [2.75, 3.05) is 13.2 Å². The second-order valence-electron chi connectivity index (χ2n) is 9.73. The average Bonchev–Trinajstić information content (AvgIpc) is 3.27. The number of aliphatic carboxylic acids is 1. The maximum Gasteiger partial charge on any atom is 0.407 e. The number of amides is 2. The van der Waals surface area contributed by atoms with Gasteiger partial charge >= 0.3 is 12.1 Å². The lowest BCUT2D eigenvalue weighted by Crippen LogP contribution is -2.55. The Morgan fingerprint density at radius 3 is 2.05 bits per heavy atom. The van der Waals surface area contributed by atoms with Crippen molar-refractivity contribution in [2.45, 2.75) is 44.9 Å². The molecule has 0 fully saturated rings. The summed E-state index contributed by atoms with van der Waals surface area (Å²) in [7, 11) is 0. The van der Waals surface area contributed by atoms with E-state index in [2.05, 4.69) is 22.8 Å². The van der Waals surface area contributed by atoms with Crippen LogP contribution >= 0.6 is 0 Å². The van der Waals surface area contributed by atoms with Crippen LogP contribution in [-0.2, 0) is 25.7 Å². The number of carboxylic acids is 1. The number of nitrogens with one attached hydrogen (secondary N) is 2. The summed E-state index contributed by atoms with van der Waals surface area (Å²) >= 11 is 0. The molecule has 0 aliphatic heterocycles. The maximum absolute atomic E-state index is 13.1. The molecule has 1 aliphatic rings. The summed E-state index contributed by atoms with van der Waals surface area (Å²) in [4.78, 5) is 37.8. The van der Waals surface area contributed by atoms with E-state index in [1.807, 2.05) is 73.7 Å². The van der Waals surface area contributed by atoms with Gasteiger partial charge in [-0.1, -0.05) is 99.1 Å². The van der Waals surface area contributed by atoms with Gasteiger partial charge in [0.1, 0.15) is 18.7 Å². The molecule has 0 saturated heterocycles. The molecule has 1 aliphatic carbocycles. The molecular formula is C31H34N2O6. The molecule has 1 unspecified atom stereocenters. The number of hydrogen-bond acceptors (Lipinski definition) is 5. The van der Waals surface area contributed by atoms with Gasteiger partial charge in [-0.15, -0.1) is 0 Å². The second-order valence-corrected chi connectivity index (χ2v) is 9.73. The molecule has 0 heterocycles. The Morgan fingerprint density at radius 1 is 0.872 bits per heavy atom. The second kappa shape index (κ2) is 13.1. The van der Waals surface area contributed by atoms with Crippen molar-refractivity contribution < 1.29 is 29.0 Å². The molecular weight excluding hydrogens is 496 g/mol. The number of benzene rings is 3. The molecule has 2 amide bonds. The Kier molecular flexibility index (Phi) is 9.33. The summed E-state index contributed by atoms with van der Waals surface area (Å²) in [6, 6.07) is 23.2. The van der Waals surface area contributed by atoms with Crippen molar-refractivity contribution >= 4 is 18.0 Å². The van der Waals surface area contributed by atoms with E-state index < -0.39 is 30.1 Å². The van der Waals surface area contributed by atoms with Crippen LogP contribution in [0.4, 0.5) is 4.79 Å². The maximum atomic E-state index is 13.1. The highest BCUT2D eigenvalue weighted by molar-refractivity contribution is 5.89. The standard InChI is InChI=1S/C31H34N2O6/c1-3-20(2)28(30(35)36)33-29(34)27(19-38-17-21-11-5-4-6-12-21)32-31(37)39-18-26-24-15-9-7-13-22(24)23-14-8-10-16-25(23)26/h4-16,20,26-28H,3,17-19H2,1-2H3,(H,32,37)(H,33,34)(H,35,36)/t20?,27-,28-/m0/s1. The predicted octanol–water partition coefficient (Wildman–Crippen LogP) is 4.73. The molecule has 0 radical (unpaired) electrons. The molecule has 0 aromatic heterocycles. The smallest absolute Gasteiger partial charge is 0.407 e. The average molecular weight is 531 g/mol. The van der Waals surface area contributed by atoms with E-state index in [0.29, 0.717) is 6.42 Å². The summed E-state index contributed by atoms with van der Waals surface area (Å²) in [6.45, 7) is 3.76. The van der Waals surface area contributed by atoms with Crippen LogP contribution in [-0.4, -0.2) is 48.4 Å². The van der Waals surface area contributed by atoms with Gasteiger partial charge in [0.25, 0.3) is 0 Å². The molecule has 8 nitrogen and oxygen atoms in total. The molecule has 0 spiro atoms. The number of alkyl carbamates (subject to hydrolysis) is 1. The van der Waals surface area contributed by atoms with E-state index >= 15 is 0 Å². The van der Waals surface area contributed by atoms with Gasteiger partial charge in [0.2, 0.25) is 5.91 Å². The van der Waals surface area contributed by atoms with E-state index in [0.717, 1.165) is 27.8 Å². The largest absolute Gasteiger partial charge is 0.480 e. The van der Waals surface area contributed by atoms with Crippen LogP contribution in [0.2, 0.25) is 0 Å². The fourth-order valence-corrected chi connectivity index (χ4v) is 4.77. The van der Waals surface area contributed by atoms with Crippen LogP contribution in [0.5, 0.6) is 0 Å². The third-order valence-corrected chi connectivity index (χ3v) is 7.13. The fourth-order valence-electron chi connectivity index (χ4n) is 4.77. The number of carbonyl (C=O) groups excluding carboxylic acids is 2. The first-order valence-electron chi connectivity index (χ1n) is 13.1. The lowest BCUT2D eigenvalue weighted by atomic mass is 9.98. The zero-order chi connectivity index (χ0) is 27.8. The summed E-state index contributed by atoms with van der Waals surface area (Å²) in [5, 5.41) is 14.8. The number of carbonyl (C=O) groups is 3. The Bertz CT molecular complexity index is 1250. The normalized spacial score (nSPS) is 14.4. The Hall–Kier alpha value is -4.17. The highest BCUT2D eigenvalue weighted by Crippen LogP contribution is 2.44. The predicted molar refractivity (Wildman–Crippen MR) is 147 cm³/mol. The minimum absolute atomic E-state index is 0.0870. The van der Waals surface area contributed by atoms with Gasteiger partial charge < -0.3 is 25.2 Å². The summed E-state index contributed by atoms with van der Waals surface area (Å²) in [5.41, 5.74) is 5.27. The lowest BCUT2D eigenvalue weighted by Gasteiger charge is -2.24. The van der Waals surface area contributed by atoms with Gasteiger partial charge in [0.15, 0.2) is 0 Å². The number of ether oxygens (including phenoxy) is 2. The quantitative estimate of drug-likeness (QED) is 0.312. The van der Waals surface area contributed by atoms with Gasteiger partial charge in [-0.3, -0.25) is 4.79 Å². The van der Waals surface area contributed by atoms with Crippen molar-refractivity contribution in [3.05, 3.63) is 95.6 Å². The van der Waals surface area contributed by atoms with Crippen molar-refractivity contribution in [1.82, 2.24) is 10.6 Å². The first kappa shape index (κ1) is 27.9. The van der Waals surface area contributed by atoms with Crippen molar-refractivity contribution in [2.24, 2.45) is 5.92 Å². The minimum atomic E-state index is -1.14. The van der Waals surface area contributed by atoms with E-state index in [1.54, 1.807) is 6.92 Å². The third kappa shape index (κ3) is 6.83. The summed E-state index contributed by atoms with van der Waals surface area (Å²) in [5.74, 6) is -2.22. The van der Waals surface area contributed by atoms with Gasteiger partial charge in [-0.2, -0.15) is 0 Å². The Morgan fingerprint density at radius 2 is 1.46 bits per heavy atom. The van der Waals surface area contributed by atoms with Gasteiger partial charge in [0, 0.05) is 5.92 Å². The first-order chi connectivity index (χ1) is 18.9. The van der Waals surface area contributed by atoms with Crippen LogP contribution in [0.15, 0.2) is 78.9 Å². The molecule has 8 heteroatoms. The topological polar surface area (TPSA) is 114 Å². The molecule has 0 bridgehead atoms. The number of rotatable bonds is 12. The Labute approximate surface area is 228 Å². The monoisotopic (exact) mass is 530 g/mol. The SMILES string of the molecule is CCC(C)[C@H](NC(=O)[C@H](COCc1ccccc1)NC(=O)OCC1c2ccccc2-c2ccccc21)C(=O)O. The molecule has 4 rings (SSSR count). The van der Waals surface area contributed by atoms with E-state index in [-0.39, 0.29) is 31.7 Å². The molecule has 3 aromatic rings. The number of carboxylic acid groups (broad SMARTS) is 1. The molecule has 204 valence electrons. The van der Waals surface area contributed by atoms with Crippen LogP contribution in [0, 0.1) is 5.92 Å². The van der Waals surface area contributed by atoms with Crippen molar-refractivity contribution in [1.29, 1.82) is 0 Å². The highest BCUT2D eigenvalue weighted by Gasteiger charge is 2.32. The molecule has 3 atom stereocenters. The number of hydrogen-bond donors (Lipinski definition) is 3. The van der Waals surface area contributed by atoms with Gasteiger partial charge in [-0.05, 0) is 33.7 Å². The van der Waals surface area contributed by atoms with E-state index in [4.69, 9.17) is 9.47 Å². The number of fused-ring (bicyclic) bond motifs is 3. The van der Waals surface area contributed by atoms with Gasteiger partial charge in [0.05, 0.1) is 13.2 Å².